The van der Waals surface area contributed by atoms with E-state index >= 15 is 0 Å². The van der Waals surface area contributed by atoms with Gasteiger partial charge in [0, 0.05) is 0 Å². The number of unbranched alkanes of at least 4 members (excludes halogenated alkanes) is 1. The summed E-state index contributed by atoms with van der Waals surface area (Å²) < 4.78 is 0. The van der Waals surface area contributed by atoms with Crippen LogP contribution < -0.4 is 0 Å². The van der Waals surface area contributed by atoms with E-state index in [1.54, 1.807) is 0 Å². The minimum absolute atomic E-state index is 0.333. The van der Waals surface area contributed by atoms with Crippen LogP contribution in [0, 0.1) is 11.3 Å². The fourth-order valence-electron chi connectivity index (χ4n) is 3.40. The predicted molar refractivity (Wildman–Crippen MR) is 61.3 cm³/mol. The van der Waals surface area contributed by atoms with Crippen molar-refractivity contribution in [3.63, 3.8) is 0 Å². The number of hydrogen-bond donors (Lipinski definition) is 1. The molecule has 0 spiro atoms. The molecule has 2 unspecified atom stereocenters. The first-order valence-electron chi connectivity index (χ1n) is 6.09. The highest BCUT2D eigenvalue weighted by molar-refractivity contribution is 4.92. The first kappa shape index (κ1) is 12.0. The highest BCUT2D eigenvalue weighted by Gasteiger charge is 2.40. The maximum absolute atomic E-state index is 10.5. The fraction of sp³-hybridized carbons (Fsp3) is 1.00. The van der Waals surface area contributed by atoms with Crippen LogP contribution in [0.15, 0.2) is 0 Å². The van der Waals surface area contributed by atoms with Gasteiger partial charge in [-0.25, -0.2) is 0 Å². The van der Waals surface area contributed by atoms with E-state index in [1.165, 1.54) is 19.3 Å². The molecule has 1 nitrogen and oxygen atoms in total. The van der Waals surface area contributed by atoms with Crippen molar-refractivity contribution in [1.29, 1.82) is 0 Å². The van der Waals surface area contributed by atoms with E-state index in [4.69, 9.17) is 0 Å². The molecule has 0 heterocycles. The second-order valence-corrected chi connectivity index (χ2v) is 6.18. The molecule has 0 saturated heterocycles. The maximum Gasteiger partial charge on any atom is 0.0655 e. The number of rotatable bonds is 3. The van der Waals surface area contributed by atoms with E-state index in [0.717, 1.165) is 19.3 Å². The molecule has 0 aromatic rings. The van der Waals surface area contributed by atoms with Crippen LogP contribution in [-0.4, -0.2) is 10.7 Å². The fourth-order valence-corrected chi connectivity index (χ4v) is 3.40. The zero-order chi connectivity index (χ0) is 10.8. The van der Waals surface area contributed by atoms with Crippen LogP contribution in [0.5, 0.6) is 0 Å². The molecule has 0 radical (unpaired) electrons. The van der Waals surface area contributed by atoms with Crippen molar-refractivity contribution in [3.05, 3.63) is 0 Å². The van der Waals surface area contributed by atoms with E-state index < -0.39 is 0 Å². The zero-order valence-electron chi connectivity index (χ0n) is 10.3. The molecule has 1 heteroatoms. The van der Waals surface area contributed by atoms with Crippen molar-refractivity contribution >= 4 is 0 Å². The SMILES string of the molecule is CCCCC1(O)CC(C)CC(C)(C)C1. The average molecular weight is 198 g/mol. The molecule has 1 N–H and O–H groups in total. The first-order valence-corrected chi connectivity index (χ1v) is 6.09. The Morgan fingerprint density at radius 1 is 1.29 bits per heavy atom. The van der Waals surface area contributed by atoms with E-state index in [2.05, 4.69) is 27.7 Å². The van der Waals surface area contributed by atoms with Gasteiger partial charge in [0.25, 0.3) is 0 Å². The van der Waals surface area contributed by atoms with Crippen molar-refractivity contribution in [2.24, 2.45) is 11.3 Å². The molecule has 1 aliphatic carbocycles. The summed E-state index contributed by atoms with van der Waals surface area (Å²) in [7, 11) is 0. The molecule has 1 fully saturated rings. The van der Waals surface area contributed by atoms with Crippen LogP contribution >= 0.6 is 0 Å². The third-order valence-electron chi connectivity index (χ3n) is 3.43. The quantitative estimate of drug-likeness (QED) is 0.732. The normalized spacial score (nSPS) is 37.1. The summed E-state index contributed by atoms with van der Waals surface area (Å²) in [4.78, 5) is 0. The van der Waals surface area contributed by atoms with Crippen LogP contribution in [0.4, 0.5) is 0 Å². The zero-order valence-corrected chi connectivity index (χ0v) is 10.3. The maximum atomic E-state index is 10.5. The Hall–Kier alpha value is -0.0400. The molecule has 2 atom stereocenters. The topological polar surface area (TPSA) is 20.2 Å². The molecule has 0 bridgehead atoms. The van der Waals surface area contributed by atoms with Crippen LogP contribution in [0.2, 0.25) is 0 Å². The number of aliphatic hydroxyl groups is 1. The summed E-state index contributed by atoms with van der Waals surface area (Å²) in [6, 6.07) is 0. The van der Waals surface area contributed by atoms with Crippen molar-refractivity contribution in [3.8, 4) is 0 Å². The lowest BCUT2D eigenvalue weighted by Crippen LogP contribution is -2.42. The summed E-state index contributed by atoms with van der Waals surface area (Å²) in [5.74, 6) is 0.681. The molecular weight excluding hydrogens is 172 g/mol. The first-order chi connectivity index (χ1) is 6.37. The van der Waals surface area contributed by atoms with Crippen molar-refractivity contribution < 1.29 is 5.11 Å². The Morgan fingerprint density at radius 3 is 2.43 bits per heavy atom. The molecule has 0 aromatic heterocycles. The lowest BCUT2D eigenvalue weighted by Gasteiger charge is -2.44. The Labute approximate surface area is 88.9 Å². The Kier molecular flexibility index (Phi) is 3.63. The molecule has 0 amide bonds. The minimum Gasteiger partial charge on any atom is -0.390 e. The largest absolute Gasteiger partial charge is 0.390 e. The highest BCUT2D eigenvalue weighted by Crippen LogP contribution is 2.45. The molecule has 84 valence electrons. The summed E-state index contributed by atoms with van der Waals surface area (Å²) in [5, 5.41) is 10.5. The Balaban J connectivity index is 2.59. The molecule has 0 aromatic carbocycles. The van der Waals surface area contributed by atoms with Crippen molar-refractivity contribution in [2.75, 3.05) is 0 Å². The number of hydrogen-bond acceptors (Lipinski definition) is 1. The van der Waals surface area contributed by atoms with Gasteiger partial charge in [0.1, 0.15) is 0 Å². The van der Waals surface area contributed by atoms with Crippen LogP contribution in [0.25, 0.3) is 0 Å². The smallest absolute Gasteiger partial charge is 0.0655 e. The standard InChI is InChI=1S/C13H26O/c1-5-6-7-13(14)9-11(2)8-12(3,4)10-13/h11,14H,5-10H2,1-4H3. The second kappa shape index (κ2) is 4.22. The van der Waals surface area contributed by atoms with E-state index in [-0.39, 0.29) is 5.60 Å². The van der Waals surface area contributed by atoms with Gasteiger partial charge < -0.3 is 5.11 Å². The molecule has 1 saturated carbocycles. The van der Waals surface area contributed by atoms with Gasteiger partial charge in [0.05, 0.1) is 5.60 Å². The molecular formula is C13H26O. The lowest BCUT2D eigenvalue weighted by molar-refractivity contribution is -0.0648. The van der Waals surface area contributed by atoms with E-state index in [9.17, 15) is 5.11 Å². The molecule has 0 aliphatic heterocycles. The van der Waals surface area contributed by atoms with Gasteiger partial charge in [-0.2, -0.15) is 0 Å². The lowest BCUT2D eigenvalue weighted by atomic mass is 9.64. The van der Waals surface area contributed by atoms with E-state index in [1.807, 2.05) is 0 Å². The molecule has 1 aliphatic rings. The van der Waals surface area contributed by atoms with Gasteiger partial charge >= 0.3 is 0 Å². The summed E-state index contributed by atoms with van der Waals surface area (Å²) in [6.45, 7) is 9.05. The van der Waals surface area contributed by atoms with Gasteiger partial charge in [-0.15, -0.1) is 0 Å². The summed E-state index contributed by atoms with van der Waals surface area (Å²) >= 11 is 0. The predicted octanol–water partition coefficient (Wildman–Crippen LogP) is 3.75. The highest BCUT2D eigenvalue weighted by atomic mass is 16.3. The van der Waals surface area contributed by atoms with Crippen molar-refractivity contribution in [2.45, 2.75) is 71.8 Å². The van der Waals surface area contributed by atoms with Crippen molar-refractivity contribution in [1.82, 2.24) is 0 Å². The van der Waals surface area contributed by atoms with Crippen LogP contribution in [0.3, 0.4) is 0 Å². The van der Waals surface area contributed by atoms with Gasteiger partial charge in [-0.1, -0.05) is 40.5 Å². The summed E-state index contributed by atoms with van der Waals surface area (Å²) in [5.41, 5.74) is -0.0304. The second-order valence-electron chi connectivity index (χ2n) is 6.18. The molecule has 1 rings (SSSR count). The van der Waals surface area contributed by atoms with E-state index in [0.29, 0.717) is 11.3 Å². The molecule has 14 heavy (non-hydrogen) atoms. The average Bonchev–Trinajstić information content (AvgIpc) is 1.96. The van der Waals surface area contributed by atoms with Gasteiger partial charge in [0.2, 0.25) is 0 Å². The van der Waals surface area contributed by atoms with Gasteiger partial charge in [0.15, 0.2) is 0 Å². The Morgan fingerprint density at radius 2 is 1.93 bits per heavy atom. The van der Waals surface area contributed by atoms with Gasteiger partial charge in [-0.3, -0.25) is 0 Å². The Bertz CT molecular complexity index is 186. The monoisotopic (exact) mass is 198 g/mol. The van der Waals surface area contributed by atoms with Crippen LogP contribution in [-0.2, 0) is 0 Å². The third-order valence-corrected chi connectivity index (χ3v) is 3.43. The van der Waals surface area contributed by atoms with Gasteiger partial charge in [-0.05, 0) is 37.0 Å². The minimum atomic E-state index is -0.364. The summed E-state index contributed by atoms with van der Waals surface area (Å²) in [6.07, 6.45) is 6.62. The van der Waals surface area contributed by atoms with Crippen LogP contribution in [0.1, 0.15) is 66.2 Å². The third kappa shape index (κ3) is 3.27.